The highest BCUT2D eigenvalue weighted by Gasteiger charge is 2.25. The van der Waals surface area contributed by atoms with Crippen LogP contribution in [0.25, 0.3) is 0 Å². The Hall–Kier alpha value is -0.110. The van der Waals surface area contributed by atoms with Crippen molar-refractivity contribution >= 4 is 0 Å². The van der Waals surface area contributed by atoms with Gasteiger partial charge in [0.25, 0.3) is 0 Å². The van der Waals surface area contributed by atoms with E-state index < -0.39 is 6.17 Å². The highest BCUT2D eigenvalue weighted by Crippen LogP contribution is 2.30. The highest BCUT2D eigenvalue weighted by atomic mass is 19.1. The summed E-state index contributed by atoms with van der Waals surface area (Å²) in [4.78, 5) is 0. The number of aliphatic hydroxyl groups is 1. The molecule has 0 amide bonds. The molecule has 1 aliphatic rings. The van der Waals surface area contributed by atoms with Gasteiger partial charge in [-0.05, 0) is 25.2 Å². The summed E-state index contributed by atoms with van der Waals surface area (Å²) in [5.74, 6) is 0.162. The van der Waals surface area contributed by atoms with Crippen LogP contribution >= 0.6 is 0 Å². The van der Waals surface area contributed by atoms with Gasteiger partial charge < -0.3 is 5.11 Å². The van der Waals surface area contributed by atoms with Crippen molar-refractivity contribution in [2.75, 3.05) is 6.61 Å². The van der Waals surface area contributed by atoms with Crippen molar-refractivity contribution < 1.29 is 9.50 Å². The molecule has 54 valence electrons. The zero-order valence-corrected chi connectivity index (χ0v) is 5.52. The molecule has 1 fully saturated rings. The van der Waals surface area contributed by atoms with Crippen LogP contribution in [0.2, 0.25) is 0 Å². The summed E-state index contributed by atoms with van der Waals surface area (Å²) in [5.41, 5.74) is 0. The average molecular weight is 132 g/mol. The van der Waals surface area contributed by atoms with Gasteiger partial charge in [0.15, 0.2) is 0 Å². The minimum Gasteiger partial charge on any atom is -0.396 e. The van der Waals surface area contributed by atoms with E-state index in [-0.39, 0.29) is 12.5 Å². The molecule has 0 saturated heterocycles. The lowest BCUT2D eigenvalue weighted by Crippen LogP contribution is -2.09. The first-order valence-corrected chi connectivity index (χ1v) is 3.59. The van der Waals surface area contributed by atoms with Crippen LogP contribution in [0.4, 0.5) is 4.39 Å². The number of alkyl halides is 1. The second-order valence-corrected chi connectivity index (χ2v) is 2.72. The van der Waals surface area contributed by atoms with E-state index in [9.17, 15) is 4.39 Å². The molecule has 1 saturated carbocycles. The van der Waals surface area contributed by atoms with E-state index in [0.29, 0.717) is 12.8 Å². The van der Waals surface area contributed by atoms with Crippen LogP contribution in [0.15, 0.2) is 0 Å². The molecule has 0 aromatic carbocycles. The maximum absolute atomic E-state index is 12.7. The minimum absolute atomic E-state index is 0.144. The second kappa shape index (κ2) is 3.16. The van der Waals surface area contributed by atoms with E-state index >= 15 is 0 Å². The van der Waals surface area contributed by atoms with Gasteiger partial charge in [-0.1, -0.05) is 6.42 Å². The molecular weight excluding hydrogens is 119 g/mol. The van der Waals surface area contributed by atoms with Gasteiger partial charge in [0.1, 0.15) is 6.17 Å². The molecule has 9 heavy (non-hydrogen) atoms. The van der Waals surface area contributed by atoms with E-state index in [1.54, 1.807) is 0 Å². The van der Waals surface area contributed by atoms with Crippen molar-refractivity contribution in [1.82, 2.24) is 0 Å². The SMILES string of the molecule is OCC[C@@H]1CCC[C@H]1F. The van der Waals surface area contributed by atoms with Crippen LogP contribution in [-0.2, 0) is 0 Å². The van der Waals surface area contributed by atoms with Crippen LogP contribution in [0.5, 0.6) is 0 Å². The largest absolute Gasteiger partial charge is 0.396 e. The number of hydrogen-bond donors (Lipinski definition) is 1. The second-order valence-electron chi connectivity index (χ2n) is 2.72. The van der Waals surface area contributed by atoms with Crippen LogP contribution in [0.1, 0.15) is 25.7 Å². The lowest BCUT2D eigenvalue weighted by atomic mass is 10.0. The predicted molar refractivity (Wildman–Crippen MR) is 33.9 cm³/mol. The summed E-state index contributed by atoms with van der Waals surface area (Å²) < 4.78 is 12.7. The van der Waals surface area contributed by atoms with E-state index in [1.165, 1.54) is 0 Å². The van der Waals surface area contributed by atoms with Crippen molar-refractivity contribution in [3.8, 4) is 0 Å². The standard InChI is InChI=1S/C7H13FO/c8-7-3-1-2-6(7)4-5-9/h6-7,9H,1-5H2/t6-,7+/m0/s1. The van der Waals surface area contributed by atoms with E-state index in [4.69, 9.17) is 5.11 Å². The summed E-state index contributed by atoms with van der Waals surface area (Å²) >= 11 is 0. The van der Waals surface area contributed by atoms with Crippen LogP contribution in [0.3, 0.4) is 0 Å². The Morgan fingerprint density at radius 1 is 1.44 bits per heavy atom. The Morgan fingerprint density at radius 2 is 2.22 bits per heavy atom. The zero-order chi connectivity index (χ0) is 6.69. The lowest BCUT2D eigenvalue weighted by molar-refractivity contribution is 0.200. The zero-order valence-electron chi connectivity index (χ0n) is 5.52. The van der Waals surface area contributed by atoms with Gasteiger partial charge in [-0.3, -0.25) is 0 Å². The summed E-state index contributed by atoms with van der Waals surface area (Å²) in [6.07, 6.45) is 2.72. The first-order valence-electron chi connectivity index (χ1n) is 3.59. The van der Waals surface area contributed by atoms with Crippen LogP contribution < -0.4 is 0 Å². The smallest absolute Gasteiger partial charge is 0.103 e. The summed E-state index contributed by atoms with van der Waals surface area (Å²) in [5, 5.41) is 8.48. The maximum Gasteiger partial charge on any atom is 0.103 e. The van der Waals surface area contributed by atoms with Gasteiger partial charge in [0.2, 0.25) is 0 Å². The molecule has 1 rings (SSSR count). The van der Waals surface area contributed by atoms with Crippen LogP contribution in [0, 0.1) is 5.92 Å². The highest BCUT2D eigenvalue weighted by molar-refractivity contribution is 4.76. The number of aliphatic hydroxyl groups excluding tert-OH is 1. The van der Waals surface area contributed by atoms with E-state index in [1.807, 2.05) is 0 Å². The molecule has 0 unspecified atom stereocenters. The number of rotatable bonds is 2. The third-order valence-corrected chi connectivity index (χ3v) is 2.07. The Kier molecular flexibility index (Phi) is 2.46. The molecule has 0 spiro atoms. The molecule has 1 N–H and O–H groups in total. The number of halogens is 1. The number of hydrogen-bond acceptors (Lipinski definition) is 1. The fourth-order valence-corrected chi connectivity index (χ4v) is 1.48. The van der Waals surface area contributed by atoms with Gasteiger partial charge >= 0.3 is 0 Å². The molecule has 2 atom stereocenters. The van der Waals surface area contributed by atoms with Crippen molar-refractivity contribution in [1.29, 1.82) is 0 Å². The quantitative estimate of drug-likeness (QED) is 0.603. The minimum atomic E-state index is -0.628. The average Bonchev–Trinajstić information content (AvgIpc) is 2.18. The van der Waals surface area contributed by atoms with Gasteiger partial charge in [-0.25, -0.2) is 4.39 Å². The van der Waals surface area contributed by atoms with Crippen molar-refractivity contribution in [2.24, 2.45) is 5.92 Å². The third-order valence-electron chi connectivity index (χ3n) is 2.07. The maximum atomic E-state index is 12.7. The monoisotopic (exact) mass is 132 g/mol. The van der Waals surface area contributed by atoms with Gasteiger partial charge in [0.05, 0.1) is 0 Å². The summed E-state index contributed by atoms with van der Waals surface area (Å²) in [7, 11) is 0. The van der Waals surface area contributed by atoms with Crippen molar-refractivity contribution in [2.45, 2.75) is 31.9 Å². The molecule has 2 heteroatoms. The lowest BCUT2D eigenvalue weighted by Gasteiger charge is -2.08. The normalized spacial score (nSPS) is 35.3. The van der Waals surface area contributed by atoms with Crippen molar-refractivity contribution in [3.05, 3.63) is 0 Å². The molecule has 0 aromatic heterocycles. The summed E-state index contributed by atoms with van der Waals surface area (Å²) in [6, 6.07) is 0. The Labute approximate surface area is 54.9 Å². The molecular formula is C7H13FO. The Bertz CT molecular complexity index is 85.0. The molecule has 1 nitrogen and oxygen atoms in total. The third kappa shape index (κ3) is 1.65. The van der Waals surface area contributed by atoms with Gasteiger partial charge in [0, 0.05) is 6.61 Å². The molecule has 0 bridgehead atoms. The Balaban J connectivity index is 2.22. The van der Waals surface area contributed by atoms with Crippen LogP contribution in [-0.4, -0.2) is 17.9 Å². The van der Waals surface area contributed by atoms with E-state index in [0.717, 1.165) is 12.8 Å². The first-order chi connectivity index (χ1) is 4.34. The molecule has 0 radical (unpaired) electrons. The Morgan fingerprint density at radius 3 is 2.67 bits per heavy atom. The fraction of sp³-hybridized carbons (Fsp3) is 1.00. The summed E-state index contributed by atoms with van der Waals surface area (Å²) in [6.45, 7) is 0.144. The molecule has 1 aliphatic carbocycles. The molecule has 0 heterocycles. The van der Waals surface area contributed by atoms with E-state index in [2.05, 4.69) is 0 Å². The first kappa shape index (κ1) is 7.00. The topological polar surface area (TPSA) is 20.2 Å². The van der Waals surface area contributed by atoms with Crippen molar-refractivity contribution in [3.63, 3.8) is 0 Å². The fourth-order valence-electron chi connectivity index (χ4n) is 1.48. The molecule has 0 aliphatic heterocycles. The van der Waals surface area contributed by atoms with Gasteiger partial charge in [-0.15, -0.1) is 0 Å². The molecule has 0 aromatic rings. The van der Waals surface area contributed by atoms with Gasteiger partial charge in [-0.2, -0.15) is 0 Å². The predicted octanol–water partition coefficient (Wildman–Crippen LogP) is 1.51.